The highest BCUT2D eigenvalue weighted by Crippen LogP contribution is 2.14. The van der Waals surface area contributed by atoms with Crippen molar-refractivity contribution in [2.24, 2.45) is 0 Å². The molecule has 0 bridgehead atoms. The van der Waals surface area contributed by atoms with Crippen LogP contribution in [-0.2, 0) is 0 Å². The molecule has 2 heterocycles. The Hall–Kier alpha value is -2.76. The van der Waals surface area contributed by atoms with Gasteiger partial charge in [-0.2, -0.15) is 0 Å². The highest BCUT2D eigenvalue weighted by Gasteiger charge is 2.20. The summed E-state index contributed by atoms with van der Waals surface area (Å²) >= 11 is 0. The average molecular weight is 327 g/mol. The molecule has 0 aliphatic carbocycles. The van der Waals surface area contributed by atoms with Gasteiger partial charge in [-0.05, 0) is 49.6 Å². The normalized spacial score (nSPS) is 14.3. The lowest BCUT2D eigenvalue weighted by Crippen LogP contribution is -2.36. The molecule has 1 aromatic heterocycles. The van der Waals surface area contributed by atoms with Gasteiger partial charge in [-0.15, -0.1) is 0 Å². The zero-order chi connectivity index (χ0) is 16.9. The smallest absolute Gasteiger partial charge is 0.274 e. The van der Waals surface area contributed by atoms with Gasteiger partial charge in [0, 0.05) is 18.8 Å². The minimum absolute atomic E-state index is 0.127. The highest BCUT2D eigenvalue weighted by molar-refractivity contribution is 6.03. The van der Waals surface area contributed by atoms with E-state index < -0.39 is 11.7 Å². The van der Waals surface area contributed by atoms with Gasteiger partial charge in [-0.1, -0.05) is 12.1 Å². The minimum Gasteiger partial charge on any atom is -0.337 e. The number of benzene rings is 1. The number of aromatic nitrogens is 1. The number of halogens is 1. The zero-order valence-corrected chi connectivity index (χ0v) is 13.2. The van der Waals surface area contributed by atoms with Crippen LogP contribution in [0.1, 0.15) is 40.2 Å². The van der Waals surface area contributed by atoms with Crippen molar-refractivity contribution >= 4 is 17.5 Å². The molecule has 3 rings (SSSR count). The van der Waals surface area contributed by atoms with Gasteiger partial charge in [0.15, 0.2) is 0 Å². The van der Waals surface area contributed by atoms with Gasteiger partial charge in [0.2, 0.25) is 0 Å². The van der Waals surface area contributed by atoms with E-state index in [4.69, 9.17) is 0 Å². The number of pyridine rings is 1. The van der Waals surface area contributed by atoms with E-state index in [0.29, 0.717) is 5.69 Å². The summed E-state index contributed by atoms with van der Waals surface area (Å²) in [4.78, 5) is 30.6. The molecule has 2 aromatic rings. The maximum atomic E-state index is 13.2. The molecular weight excluding hydrogens is 309 g/mol. The van der Waals surface area contributed by atoms with Crippen LogP contribution >= 0.6 is 0 Å². The lowest BCUT2D eigenvalue weighted by molar-refractivity contribution is 0.0718. The molecule has 0 unspecified atom stereocenters. The lowest BCUT2D eigenvalue weighted by Gasteiger charge is -2.26. The molecule has 2 amide bonds. The van der Waals surface area contributed by atoms with E-state index in [1.165, 1.54) is 24.3 Å². The number of hydrogen-bond donors (Lipinski definition) is 1. The Bertz CT molecular complexity index is 757. The summed E-state index contributed by atoms with van der Waals surface area (Å²) in [7, 11) is 0. The summed E-state index contributed by atoms with van der Waals surface area (Å²) < 4.78 is 13.2. The first-order chi connectivity index (χ1) is 11.6. The van der Waals surface area contributed by atoms with Crippen LogP contribution in [-0.4, -0.2) is 34.8 Å². The first-order valence-electron chi connectivity index (χ1n) is 7.97. The number of nitrogens with zero attached hydrogens (tertiary/aromatic N) is 2. The molecule has 1 aliphatic rings. The third-order valence-corrected chi connectivity index (χ3v) is 3.93. The van der Waals surface area contributed by atoms with Crippen LogP contribution in [0.2, 0.25) is 0 Å². The topological polar surface area (TPSA) is 62.3 Å². The van der Waals surface area contributed by atoms with Gasteiger partial charge in [-0.3, -0.25) is 9.59 Å². The molecule has 0 radical (unpaired) electrons. The quantitative estimate of drug-likeness (QED) is 0.942. The SMILES string of the molecule is O=C(Nc1cccc(F)c1)c1cccc(C(=O)N2CCCCC2)n1. The Kier molecular flexibility index (Phi) is 4.84. The van der Waals surface area contributed by atoms with Crippen LogP contribution in [0.3, 0.4) is 0 Å². The summed E-state index contributed by atoms with van der Waals surface area (Å²) in [5.41, 5.74) is 0.723. The van der Waals surface area contributed by atoms with E-state index in [0.717, 1.165) is 32.4 Å². The van der Waals surface area contributed by atoms with Crippen molar-refractivity contribution in [3.63, 3.8) is 0 Å². The van der Waals surface area contributed by atoms with Crippen LogP contribution in [0.4, 0.5) is 10.1 Å². The van der Waals surface area contributed by atoms with Gasteiger partial charge < -0.3 is 10.2 Å². The van der Waals surface area contributed by atoms with Crippen molar-refractivity contribution in [1.29, 1.82) is 0 Å². The van der Waals surface area contributed by atoms with E-state index in [-0.39, 0.29) is 17.3 Å². The third kappa shape index (κ3) is 3.76. The molecule has 1 N–H and O–H groups in total. The van der Waals surface area contributed by atoms with Crippen molar-refractivity contribution in [1.82, 2.24) is 9.88 Å². The maximum Gasteiger partial charge on any atom is 0.274 e. The van der Waals surface area contributed by atoms with E-state index in [1.807, 2.05) is 0 Å². The summed E-state index contributed by atoms with van der Waals surface area (Å²) in [6.45, 7) is 1.44. The Morgan fingerprint density at radius 1 is 1.00 bits per heavy atom. The van der Waals surface area contributed by atoms with Gasteiger partial charge in [-0.25, -0.2) is 9.37 Å². The predicted octanol–water partition coefficient (Wildman–Crippen LogP) is 3.10. The van der Waals surface area contributed by atoms with Crippen LogP contribution in [0.5, 0.6) is 0 Å². The molecular formula is C18H18FN3O2. The van der Waals surface area contributed by atoms with Crippen molar-refractivity contribution in [2.75, 3.05) is 18.4 Å². The van der Waals surface area contributed by atoms with Crippen LogP contribution in [0.25, 0.3) is 0 Å². The van der Waals surface area contributed by atoms with Crippen LogP contribution < -0.4 is 5.32 Å². The highest BCUT2D eigenvalue weighted by atomic mass is 19.1. The minimum atomic E-state index is -0.478. The second-order valence-corrected chi connectivity index (χ2v) is 5.73. The summed E-state index contributed by atoms with van der Waals surface area (Å²) in [6.07, 6.45) is 3.12. The maximum absolute atomic E-state index is 13.2. The van der Waals surface area contributed by atoms with Crippen molar-refractivity contribution in [2.45, 2.75) is 19.3 Å². The predicted molar refractivity (Wildman–Crippen MR) is 88.3 cm³/mol. The standard InChI is InChI=1S/C18H18FN3O2/c19-13-6-4-7-14(12-13)20-17(23)15-8-5-9-16(21-15)18(24)22-10-2-1-3-11-22/h4-9,12H,1-3,10-11H2,(H,20,23). The number of carbonyl (C=O) groups is 2. The monoisotopic (exact) mass is 327 g/mol. The first kappa shape index (κ1) is 16.1. The van der Waals surface area contributed by atoms with E-state index in [1.54, 1.807) is 23.1 Å². The van der Waals surface area contributed by atoms with E-state index >= 15 is 0 Å². The van der Waals surface area contributed by atoms with Gasteiger partial charge >= 0.3 is 0 Å². The fraction of sp³-hybridized carbons (Fsp3) is 0.278. The van der Waals surface area contributed by atoms with Gasteiger partial charge in [0.1, 0.15) is 17.2 Å². The molecule has 0 saturated carbocycles. The number of anilines is 1. The van der Waals surface area contributed by atoms with Crippen molar-refractivity contribution < 1.29 is 14.0 Å². The van der Waals surface area contributed by atoms with Crippen molar-refractivity contribution in [3.05, 3.63) is 59.7 Å². The average Bonchev–Trinajstić information content (AvgIpc) is 2.62. The van der Waals surface area contributed by atoms with Crippen LogP contribution in [0.15, 0.2) is 42.5 Å². The van der Waals surface area contributed by atoms with Gasteiger partial charge in [0.05, 0.1) is 0 Å². The molecule has 1 aromatic carbocycles. The largest absolute Gasteiger partial charge is 0.337 e. The van der Waals surface area contributed by atoms with Gasteiger partial charge in [0.25, 0.3) is 11.8 Å². The number of likely N-dealkylation sites (tertiary alicyclic amines) is 1. The molecule has 24 heavy (non-hydrogen) atoms. The molecule has 0 atom stereocenters. The summed E-state index contributed by atoms with van der Waals surface area (Å²) in [5.74, 6) is -1.07. The molecule has 1 fully saturated rings. The van der Waals surface area contributed by atoms with E-state index in [2.05, 4.69) is 10.3 Å². The Balaban J connectivity index is 1.74. The van der Waals surface area contributed by atoms with E-state index in [9.17, 15) is 14.0 Å². The molecule has 1 saturated heterocycles. The number of amides is 2. The first-order valence-corrected chi connectivity index (χ1v) is 7.97. The molecule has 6 heteroatoms. The molecule has 124 valence electrons. The van der Waals surface area contributed by atoms with Crippen LogP contribution in [0, 0.1) is 5.82 Å². The Labute approximate surface area is 139 Å². The molecule has 5 nitrogen and oxygen atoms in total. The third-order valence-electron chi connectivity index (χ3n) is 3.93. The van der Waals surface area contributed by atoms with Crippen molar-refractivity contribution in [3.8, 4) is 0 Å². The fourth-order valence-electron chi connectivity index (χ4n) is 2.70. The Morgan fingerprint density at radius 3 is 2.46 bits per heavy atom. The zero-order valence-electron chi connectivity index (χ0n) is 13.2. The summed E-state index contributed by atoms with van der Waals surface area (Å²) in [6, 6.07) is 10.4. The number of nitrogens with one attached hydrogen (secondary N) is 1. The summed E-state index contributed by atoms with van der Waals surface area (Å²) in [5, 5.41) is 2.58. The second-order valence-electron chi connectivity index (χ2n) is 5.73. The number of piperidine rings is 1. The second kappa shape index (κ2) is 7.21. The fourth-order valence-corrected chi connectivity index (χ4v) is 2.70. The number of rotatable bonds is 3. The Morgan fingerprint density at radius 2 is 1.71 bits per heavy atom. The number of carbonyl (C=O) groups excluding carboxylic acids is 2. The number of hydrogen-bond acceptors (Lipinski definition) is 3. The lowest BCUT2D eigenvalue weighted by atomic mass is 10.1. The molecule has 0 spiro atoms. The molecule has 1 aliphatic heterocycles.